The molecule has 0 amide bonds. The van der Waals surface area contributed by atoms with E-state index in [1.165, 1.54) is 65.6 Å². The van der Waals surface area contributed by atoms with Crippen molar-refractivity contribution < 1.29 is 0 Å². The number of fused-ring (bicyclic) bond motifs is 10. The van der Waals surface area contributed by atoms with Crippen LogP contribution in [-0.4, -0.2) is 14.5 Å². The van der Waals surface area contributed by atoms with Crippen molar-refractivity contribution in [3.05, 3.63) is 164 Å². The SMILES string of the molecule is c1ccc(-c2nc(-c3ccc(-n4c5ccc6ccccc6c5c5cc6c7c(cccc7c54)-c4ccccc4-6)cc3)nc3ccccc23)cc1. The average molecular weight is 622 g/mol. The minimum atomic E-state index is 0.723. The van der Waals surface area contributed by atoms with Gasteiger partial charge in [0.05, 0.1) is 22.2 Å². The first-order valence-corrected chi connectivity index (χ1v) is 16.8. The molecular weight excluding hydrogens is 595 g/mol. The monoisotopic (exact) mass is 621 g/mol. The molecule has 0 spiro atoms. The van der Waals surface area contributed by atoms with Gasteiger partial charge in [0.25, 0.3) is 0 Å². The smallest absolute Gasteiger partial charge is 0.160 e. The molecule has 0 bridgehead atoms. The Labute approximate surface area is 282 Å². The lowest BCUT2D eigenvalue weighted by molar-refractivity contribution is 1.18. The van der Waals surface area contributed by atoms with E-state index in [1.807, 2.05) is 12.1 Å². The van der Waals surface area contributed by atoms with Gasteiger partial charge in [0, 0.05) is 38.4 Å². The molecule has 0 aliphatic heterocycles. The average Bonchev–Trinajstić information content (AvgIpc) is 3.69. The Morgan fingerprint density at radius 1 is 0.408 bits per heavy atom. The lowest BCUT2D eigenvalue weighted by Crippen LogP contribution is -1.97. The van der Waals surface area contributed by atoms with Crippen LogP contribution in [0.1, 0.15) is 0 Å². The third-order valence-corrected chi connectivity index (χ3v) is 10.3. The molecule has 8 aromatic carbocycles. The zero-order valence-electron chi connectivity index (χ0n) is 26.4. The molecule has 3 nitrogen and oxygen atoms in total. The zero-order valence-corrected chi connectivity index (χ0v) is 26.4. The van der Waals surface area contributed by atoms with Gasteiger partial charge in [-0.05, 0) is 80.9 Å². The molecule has 0 fully saturated rings. The molecule has 10 aromatic rings. The number of nitrogens with zero attached hydrogens (tertiary/aromatic N) is 3. The first-order valence-electron chi connectivity index (χ1n) is 16.8. The van der Waals surface area contributed by atoms with E-state index >= 15 is 0 Å². The van der Waals surface area contributed by atoms with Crippen LogP contribution >= 0.6 is 0 Å². The van der Waals surface area contributed by atoms with Crippen molar-refractivity contribution in [2.45, 2.75) is 0 Å². The van der Waals surface area contributed by atoms with Crippen LogP contribution in [0, 0.1) is 0 Å². The maximum Gasteiger partial charge on any atom is 0.160 e. The molecule has 1 aliphatic carbocycles. The molecular formula is C46H27N3. The molecule has 49 heavy (non-hydrogen) atoms. The van der Waals surface area contributed by atoms with Crippen molar-refractivity contribution in [1.82, 2.24) is 14.5 Å². The molecule has 0 unspecified atom stereocenters. The first kappa shape index (κ1) is 26.5. The Kier molecular flexibility index (Phi) is 5.38. The van der Waals surface area contributed by atoms with Gasteiger partial charge in [0.15, 0.2) is 5.82 Å². The topological polar surface area (TPSA) is 30.7 Å². The quantitative estimate of drug-likeness (QED) is 0.196. The van der Waals surface area contributed by atoms with Crippen LogP contribution in [0.3, 0.4) is 0 Å². The van der Waals surface area contributed by atoms with E-state index in [2.05, 4.69) is 156 Å². The predicted octanol–water partition coefficient (Wildman–Crippen LogP) is 12.0. The molecule has 2 aromatic heterocycles. The summed E-state index contributed by atoms with van der Waals surface area (Å²) >= 11 is 0. The summed E-state index contributed by atoms with van der Waals surface area (Å²) in [6.07, 6.45) is 0. The first-order chi connectivity index (χ1) is 24.3. The van der Waals surface area contributed by atoms with Gasteiger partial charge in [-0.25, -0.2) is 9.97 Å². The van der Waals surface area contributed by atoms with Gasteiger partial charge in [-0.3, -0.25) is 0 Å². The highest BCUT2D eigenvalue weighted by Gasteiger charge is 2.26. The molecule has 0 saturated carbocycles. The van der Waals surface area contributed by atoms with Crippen LogP contribution in [0.5, 0.6) is 0 Å². The summed E-state index contributed by atoms with van der Waals surface area (Å²) in [6.45, 7) is 0. The molecule has 0 radical (unpaired) electrons. The van der Waals surface area contributed by atoms with Gasteiger partial charge < -0.3 is 4.57 Å². The fourth-order valence-corrected chi connectivity index (χ4v) is 8.19. The highest BCUT2D eigenvalue weighted by molar-refractivity contribution is 6.31. The third-order valence-electron chi connectivity index (χ3n) is 10.3. The lowest BCUT2D eigenvalue weighted by Gasteiger charge is -2.13. The van der Waals surface area contributed by atoms with Crippen LogP contribution in [0.2, 0.25) is 0 Å². The third kappa shape index (κ3) is 3.73. The second-order valence-electron chi connectivity index (χ2n) is 12.9. The van der Waals surface area contributed by atoms with Crippen LogP contribution < -0.4 is 0 Å². The number of rotatable bonds is 3. The van der Waals surface area contributed by atoms with Gasteiger partial charge in [0.2, 0.25) is 0 Å². The number of benzene rings is 8. The van der Waals surface area contributed by atoms with Crippen LogP contribution in [-0.2, 0) is 0 Å². The maximum absolute atomic E-state index is 5.14. The number of hydrogen-bond acceptors (Lipinski definition) is 2. The van der Waals surface area contributed by atoms with E-state index in [1.54, 1.807) is 0 Å². The van der Waals surface area contributed by atoms with Crippen molar-refractivity contribution >= 4 is 54.3 Å². The summed E-state index contributed by atoms with van der Waals surface area (Å²) in [5, 5.41) is 8.74. The van der Waals surface area contributed by atoms with E-state index in [-0.39, 0.29) is 0 Å². The highest BCUT2D eigenvalue weighted by Crippen LogP contribution is 2.51. The van der Waals surface area contributed by atoms with E-state index in [4.69, 9.17) is 9.97 Å². The van der Waals surface area contributed by atoms with Gasteiger partial charge >= 0.3 is 0 Å². The van der Waals surface area contributed by atoms with Gasteiger partial charge in [-0.1, -0.05) is 121 Å². The number of para-hydroxylation sites is 1. The second-order valence-corrected chi connectivity index (χ2v) is 12.9. The molecule has 0 saturated heterocycles. The Morgan fingerprint density at radius 3 is 1.96 bits per heavy atom. The van der Waals surface area contributed by atoms with E-state index in [0.717, 1.165) is 39.2 Å². The molecule has 0 N–H and O–H groups in total. The summed E-state index contributed by atoms with van der Waals surface area (Å²) < 4.78 is 2.46. The van der Waals surface area contributed by atoms with Gasteiger partial charge in [-0.15, -0.1) is 0 Å². The van der Waals surface area contributed by atoms with Crippen molar-refractivity contribution in [1.29, 1.82) is 0 Å². The molecule has 3 heteroatoms. The molecule has 11 rings (SSSR count). The van der Waals surface area contributed by atoms with Gasteiger partial charge in [-0.2, -0.15) is 0 Å². The highest BCUT2D eigenvalue weighted by atomic mass is 15.0. The molecule has 0 atom stereocenters. The fourth-order valence-electron chi connectivity index (χ4n) is 8.19. The molecule has 1 aliphatic rings. The van der Waals surface area contributed by atoms with Crippen LogP contribution in [0.25, 0.3) is 105 Å². The van der Waals surface area contributed by atoms with E-state index < -0.39 is 0 Å². The number of aromatic nitrogens is 3. The summed E-state index contributed by atoms with van der Waals surface area (Å²) in [7, 11) is 0. The zero-order chi connectivity index (χ0) is 32.1. The number of hydrogen-bond donors (Lipinski definition) is 0. The van der Waals surface area contributed by atoms with Crippen LogP contribution in [0.15, 0.2) is 164 Å². The minimum Gasteiger partial charge on any atom is -0.309 e. The predicted molar refractivity (Wildman–Crippen MR) is 204 cm³/mol. The summed E-state index contributed by atoms with van der Waals surface area (Å²) in [5.41, 5.74) is 12.8. The Morgan fingerprint density at radius 2 is 1.10 bits per heavy atom. The fraction of sp³-hybridized carbons (Fsp3) is 0. The minimum absolute atomic E-state index is 0.723. The van der Waals surface area contributed by atoms with Crippen molar-refractivity contribution in [2.75, 3.05) is 0 Å². The summed E-state index contributed by atoms with van der Waals surface area (Å²) in [4.78, 5) is 10.2. The Bertz CT molecular complexity index is 2970. The van der Waals surface area contributed by atoms with E-state index in [0.29, 0.717) is 0 Å². The summed E-state index contributed by atoms with van der Waals surface area (Å²) in [6, 6.07) is 58.8. The van der Waals surface area contributed by atoms with Gasteiger partial charge in [0.1, 0.15) is 0 Å². The van der Waals surface area contributed by atoms with Crippen molar-refractivity contribution in [3.63, 3.8) is 0 Å². The van der Waals surface area contributed by atoms with Crippen LogP contribution in [0.4, 0.5) is 0 Å². The largest absolute Gasteiger partial charge is 0.309 e. The standard InChI is InChI=1S/C46H27N3/c1-2-12-29(13-3-1)44-36-17-8-9-20-40(36)47-46(48-44)30-21-24-31(25-22-30)49-41-26-23-28-11-4-5-14-32(28)43(41)39-27-38-34-16-7-6-15-33(34)35-18-10-19-37(42(35)38)45(39)49/h1-27H. The normalized spacial score (nSPS) is 12.1. The lowest BCUT2D eigenvalue weighted by atomic mass is 9.97. The Hall–Kier alpha value is -6.58. The Balaban J connectivity index is 1.18. The van der Waals surface area contributed by atoms with Crippen molar-refractivity contribution in [2.24, 2.45) is 0 Å². The van der Waals surface area contributed by atoms with E-state index in [9.17, 15) is 0 Å². The van der Waals surface area contributed by atoms with Crippen molar-refractivity contribution in [3.8, 4) is 50.6 Å². The molecule has 226 valence electrons. The summed E-state index contributed by atoms with van der Waals surface area (Å²) in [5.74, 6) is 0.723. The maximum atomic E-state index is 5.14. The molecule has 2 heterocycles. The second kappa shape index (κ2) is 9.96.